The summed E-state index contributed by atoms with van der Waals surface area (Å²) in [5.74, 6) is -0.624. The molecule has 3 heterocycles. The van der Waals surface area contributed by atoms with Crippen molar-refractivity contribution in [3.05, 3.63) is 47.5 Å². The van der Waals surface area contributed by atoms with Crippen molar-refractivity contribution in [3.8, 4) is 0 Å². The number of esters is 1. The molecule has 0 aromatic carbocycles. The topological polar surface area (TPSA) is 77.3 Å². The third-order valence-electron chi connectivity index (χ3n) is 3.90. The largest absolute Gasteiger partial charge is 0.464 e. The number of nitrogens with zero attached hydrogens (tertiary/aromatic N) is 4. The van der Waals surface area contributed by atoms with E-state index >= 15 is 0 Å². The molecule has 0 bridgehead atoms. The van der Waals surface area contributed by atoms with Crippen molar-refractivity contribution in [2.24, 2.45) is 0 Å². The SMILES string of the molecule is COC(=O)c1cc2n(n1)CCCN(CCc1ccncc1)C2=O. The van der Waals surface area contributed by atoms with Gasteiger partial charge < -0.3 is 9.64 Å². The number of aromatic nitrogens is 3. The summed E-state index contributed by atoms with van der Waals surface area (Å²) in [6.45, 7) is 1.92. The highest BCUT2D eigenvalue weighted by Gasteiger charge is 2.26. The number of rotatable bonds is 4. The Balaban J connectivity index is 1.75. The molecule has 0 N–H and O–H groups in total. The molecule has 0 saturated heterocycles. The molecule has 0 radical (unpaired) electrons. The zero-order valence-electron chi connectivity index (χ0n) is 12.9. The first-order valence-corrected chi connectivity index (χ1v) is 7.53. The van der Waals surface area contributed by atoms with Crippen LogP contribution in [-0.2, 0) is 17.7 Å². The Kier molecular flexibility index (Phi) is 4.36. The average Bonchev–Trinajstić information content (AvgIpc) is 2.95. The van der Waals surface area contributed by atoms with E-state index in [4.69, 9.17) is 0 Å². The summed E-state index contributed by atoms with van der Waals surface area (Å²) >= 11 is 0. The smallest absolute Gasteiger partial charge is 0.358 e. The zero-order valence-corrected chi connectivity index (χ0v) is 12.9. The van der Waals surface area contributed by atoms with Gasteiger partial charge in [-0.15, -0.1) is 0 Å². The van der Waals surface area contributed by atoms with Gasteiger partial charge in [-0.05, 0) is 30.5 Å². The number of carbonyl (C=O) groups is 2. The van der Waals surface area contributed by atoms with Gasteiger partial charge in [-0.2, -0.15) is 5.10 Å². The fourth-order valence-electron chi connectivity index (χ4n) is 2.67. The Hall–Kier alpha value is -2.70. The van der Waals surface area contributed by atoms with Crippen molar-refractivity contribution in [1.29, 1.82) is 0 Å². The molecule has 7 heteroatoms. The first-order valence-electron chi connectivity index (χ1n) is 7.53. The Labute approximate surface area is 133 Å². The summed E-state index contributed by atoms with van der Waals surface area (Å²) < 4.78 is 6.27. The van der Waals surface area contributed by atoms with Crippen LogP contribution in [0.2, 0.25) is 0 Å². The van der Waals surface area contributed by atoms with Crippen LogP contribution < -0.4 is 0 Å². The second-order valence-corrected chi connectivity index (χ2v) is 5.38. The first-order chi connectivity index (χ1) is 11.2. The van der Waals surface area contributed by atoms with Gasteiger partial charge in [0.2, 0.25) is 0 Å². The van der Waals surface area contributed by atoms with Crippen LogP contribution in [0.25, 0.3) is 0 Å². The van der Waals surface area contributed by atoms with E-state index in [0.29, 0.717) is 25.3 Å². The molecule has 0 atom stereocenters. The van der Waals surface area contributed by atoms with Crippen LogP contribution in [0.1, 0.15) is 33.0 Å². The van der Waals surface area contributed by atoms with E-state index in [1.165, 1.54) is 13.2 Å². The molecule has 0 fully saturated rings. The minimum atomic E-state index is -0.526. The lowest BCUT2D eigenvalue weighted by Gasteiger charge is -2.19. The molecule has 1 aliphatic rings. The van der Waals surface area contributed by atoms with Gasteiger partial charge >= 0.3 is 5.97 Å². The quantitative estimate of drug-likeness (QED) is 0.791. The van der Waals surface area contributed by atoms with Crippen molar-refractivity contribution >= 4 is 11.9 Å². The lowest BCUT2D eigenvalue weighted by atomic mass is 10.2. The standard InChI is InChI=1S/C16H18N4O3/c1-23-16(22)13-11-14-15(21)19(8-2-9-20(14)18-13)10-5-12-3-6-17-7-4-12/h3-4,6-7,11H,2,5,8-10H2,1H3. The van der Waals surface area contributed by atoms with Gasteiger partial charge in [0, 0.05) is 38.1 Å². The van der Waals surface area contributed by atoms with Crippen LogP contribution >= 0.6 is 0 Å². The summed E-state index contributed by atoms with van der Waals surface area (Å²) in [7, 11) is 1.30. The number of aryl methyl sites for hydroxylation is 1. The number of carbonyl (C=O) groups excluding carboxylic acids is 2. The highest BCUT2D eigenvalue weighted by Crippen LogP contribution is 2.15. The maximum Gasteiger partial charge on any atom is 0.358 e. The van der Waals surface area contributed by atoms with Crippen LogP contribution in [0.15, 0.2) is 30.6 Å². The van der Waals surface area contributed by atoms with Gasteiger partial charge in [-0.1, -0.05) is 0 Å². The Morgan fingerprint density at radius 3 is 2.83 bits per heavy atom. The van der Waals surface area contributed by atoms with Crippen LogP contribution in [0.4, 0.5) is 0 Å². The van der Waals surface area contributed by atoms with E-state index in [1.807, 2.05) is 17.0 Å². The van der Waals surface area contributed by atoms with E-state index < -0.39 is 5.97 Å². The lowest BCUT2D eigenvalue weighted by molar-refractivity contribution is 0.0593. The normalized spacial score (nSPS) is 14.3. The number of methoxy groups -OCH3 is 1. The van der Waals surface area contributed by atoms with Crippen molar-refractivity contribution < 1.29 is 14.3 Å². The molecule has 120 valence electrons. The number of hydrogen-bond acceptors (Lipinski definition) is 5. The predicted molar refractivity (Wildman–Crippen MR) is 82.0 cm³/mol. The molecule has 1 amide bonds. The second kappa shape index (κ2) is 6.60. The van der Waals surface area contributed by atoms with Gasteiger partial charge in [-0.3, -0.25) is 14.5 Å². The van der Waals surface area contributed by atoms with Gasteiger partial charge in [0.05, 0.1) is 7.11 Å². The van der Waals surface area contributed by atoms with Gasteiger partial charge in [-0.25, -0.2) is 4.79 Å². The molecule has 23 heavy (non-hydrogen) atoms. The molecule has 0 spiro atoms. The minimum Gasteiger partial charge on any atom is -0.464 e. The molecule has 2 aromatic rings. The number of ether oxygens (including phenoxy) is 1. The van der Waals surface area contributed by atoms with E-state index in [0.717, 1.165) is 18.4 Å². The highest BCUT2D eigenvalue weighted by atomic mass is 16.5. The molecule has 7 nitrogen and oxygen atoms in total. The van der Waals surface area contributed by atoms with Crippen LogP contribution in [0.3, 0.4) is 0 Å². The Morgan fingerprint density at radius 2 is 2.09 bits per heavy atom. The van der Waals surface area contributed by atoms with Crippen LogP contribution in [-0.4, -0.2) is 51.7 Å². The maximum atomic E-state index is 12.7. The predicted octanol–water partition coefficient (Wildman–Crippen LogP) is 1.15. The summed E-state index contributed by atoms with van der Waals surface area (Å²) in [5, 5.41) is 4.17. The Morgan fingerprint density at radius 1 is 1.30 bits per heavy atom. The molecule has 2 aromatic heterocycles. The molecule has 1 aliphatic heterocycles. The van der Waals surface area contributed by atoms with E-state index in [2.05, 4.69) is 14.8 Å². The van der Waals surface area contributed by atoms with Crippen molar-refractivity contribution in [2.45, 2.75) is 19.4 Å². The Bertz CT molecular complexity index is 711. The van der Waals surface area contributed by atoms with E-state index in [-0.39, 0.29) is 11.6 Å². The fraction of sp³-hybridized carbons (Fsp3) is 0.375. The zero-order chi connectivity index (χ0) is 16.2. The molecular formula is C16H18N4O3. The van der Waals surface area contributed by atoms with E-state index in [9.17, 15) is 9.59 Å². The fourth-order valence-corrected chi connectivity index (χ4v) is 2.67. The van der Waals surface area contributed by atoms with Crippen molar-refractivity contribution in [1.82, 2.24) is 19.7 Å². The molecule has 0 saturated carbocycles. The van der Waals surface area contributed by atoms with Gasteiger partial charge in [0.1, 0.15) is 5.69 Å². The second-order valence-electron chi connectivity index (χ2n) is 5.38. The van der Waals surface area contributed by atoms with Crippen molar-refractivity contribution in [3.63, 3.8) is 0 Å². The lowest BCUT2D eigenvalue weighted by Crippen LogP contribution is -2.33. The highest BCUT2D eigenvalue weighted by molar-refractivity contribution is 5.96. The minimum absolute atomic E-state index is 0.0980. The first kappa shape index (κ1) is 15.2. The molecular weight excluding hydrogens is 296 g/mol. The molecule has 3 rings (SSSR count). The summed E-state index contributed by atoms with van der Waals surface area (Å²) in [4.78, 5) is 30.1. The number of fused-ring (bicyclic) bond motifs is 1. The van der Waals surface area contributed by atoms with Gasteiger partial charge in [0.15, 0.2) is 5.69 Å². The summed E-state index contributed by atoms with van der Waals surface area (Å²) in [5.41, 5.74) is 1.75. The average molecular weight is 314 g/mol. The van der Waals surface area contributed by atoms with Crippen molar-refractivity contribution in [2.75, 3.05) is 20.2 Å². The third-order valence-corrected chi connectivity index (χ3v) is 3.90. The third kappa shape index (κ3) is 3.23. The summed E-state index contributed by atoms with van der Waals surface area (Å²) in [6, 6.07) is 5.41. The number of hydrogen-bond donors (Lipinski definition) is 0. The molecule has 0 unspecified atom stereocenters. The van der Waals surface area contributed by atoms with Crippen LogP contribution in [0, 0.1) is 0 Å². The van der Waals surface area contributed by atoms with Gasteiger partial charge in [0.25, 0.3) is 5.91 Å². The maximum absolute atomic E-state index is 12.7. The monoisotopic (exact) mass is 314 g/mol. The van der Waals surface area contributed by atoms with Crippen LogP contribution in [0.5, 0.6) is 0 Å². The summed E-state index contributed by atoms with van der Waals surface area (Å²) in [6.07, 6.45) is 5.07. The van der Waals surface area contributed by atoms with E-state index in [1.54, 1.807) is 17.1 Å². The number of amides is 1. The number of pyridine rings is 1. The molecule has 0 aliphatic carbocycles.